The van der Waals surface area contributed by atoms with Crippen LogP contribution in [0, 0.1) is 0 Å². The van der Waals surface area contributed by atoms with Gasteiger partial charge in [-0.1, -0.05) is 0 Å². The van der Waals surface area contributed by atoms with Gasteiger partial charge >= 0.3 is 0 Å². The zero-order chi connectivity index (χ0) is 7.14. The molecular weight excluding hydrogens is 132 g/mol. The number of hydrogen-bond acceptors (Lipinski definition) is 3. The number of Topliss-reactive ketones (excluding diaryl/α,β-unsaturated/α-hetero) is 1. The normalized spacial score (nSPS) is 44.9. The lowest BCUT2D eigenvalue weighted by molar-refractivity contribution is -0.129. The third-order valence-electron chi connectivity index (χ3n) is 2.24. The van der Waals surface area contributed by atoms with Crippen molar-refractivity contribution in [3.8, 4) is 0 Å². The van der Waals surface area contributed by atoms with Gasteiger partial charge in [0, 0.05) is 7.11 Å². The van der Waals surface area contributed by atoms with Crippen molar-refractivity contribution in [2.24, 2.45) is 0 Å². The quantitative estimate of drug-likeness (QED) is 0.522. The summed E-state index contributed by atoms with van der Waals surface area (Å²) in [4.78, 5) is 11.1. The van der Waals surface area contributed by atoms with Gasteiger partial charge in [0.2, 0.25) is 0 Å². The van der Waals surface area contributed by atoms with E-state index in [1.54, 1.807) is 7.11 Å². The molecular formula is C7H10O3. The van der Waals surface area contributed by atoms with E-state index in [-0.39, 0.29) is 24.1 Å². The number of methoxy groups -OCH3 is 1. The van der Waals surface area contributed by atoms with Crippen LogP contribution in [0.15, 0.2) is 0 Å². The van der Waals surface area contributed by atoms with Gasteiger partial charge in [0.05, 0.1) is 6.10 Å². The molecule has 0 radical (unpaired) electrons. The van der Waals surface area contributed by atoms with E-state index in [1.807, 2.05) is 0 Å². The molecule has 2 bridgehead atoms. The fourth-order valence-electron chi connectivity index (χ4n) is 1.73. The van der Waals surface area contributed by atoms with Crippen LogP contribution in [0.2, 0.25) is 0 Å². The number of rotatable bonds is 1. The summed E-state index contributed by atoms with van der Waals surface area (Å²) in [6, 6.07) is 0. The van der Waals surface area contributed by atoms with Gasteiger partial charge in [-0.15, -0.1) is 0 Å². The molecule has 0 spiro atoms. The van der Waals surface area contributed by atoms with Crippen LogP contribution in [-0.2, 0) is 14.3 Å². The van der Waals surface area contributed by atoms with E-state index < -0.39 is 0 Å². The Labute approximate surface area is 59.3 Å². The van der Waals surface area contributed by atoms with E-state index >= 15 is 0 Å². The van der Waals surface area contributed by atoms with Crippen molar-refractivity contribution in [3.05, 3.63) is 0 Å². The van der Waals surface area contributed by atoms with Crippen LogP contribution in [0.1, 0.15) is 12.8 Å². The number of fused-ring (bicyclic) bond motifs is 2. The second-order valence-electron chi connectivity index (χ2n) is 2.80. The second-order valence-corrected chi connectivity index (χ2v) is 2.80. The molecule has 0 saturated carbocycles. The Kier molecular flexibility index (Phi) is 1.28. The fourth-order valence-corrected chi connectivity index (χ4v) is 1.73. The van der Waals surface area contributed by atoms with E-state index in [1.165, 1.54) is 0 Å². The predicted octanol–water partition coefficient (Wildman–Crippen LogP) is 0.132. The SMILES string of the molecule is COC1C(=O)C2CCC1O2. The monoisotopic (exact) mass is 142 g/mol. The van der Waals surface area contributed by atoms with Crippen LogP contribution in [0.5, 0.6) is 0 Å². The molecule has 0 aromatic rings. The second kappa shape index (κ2) is 2.04. The first-order valence-corrected chi connectivity index (χ1v) is 3.55. The van der Waals surface area contributed by atoms with Crippen molar-refractivity contribution in [2.75, 3.05) is 7.11 Å². The largest absolute Gasteiger partial charge is 0.371 e. The van der Waals surface area contributed by atoms with E-state index in [0.29, 0.717) is 0 Å². The summed E-state index contributed by atoms with van der Waals surface area (Å²) in [5.41, 5.74) is 0. The average molecular weight is 142 g/mol. The Hall–Kier alpha value is -0.410. The maximum Gasteiger partial charge on any atom is 0.192 e. The van der Waals surface area contributed by atoms with Crippen molar-refractivity contribution in [1.29, 1.82) is 0 Å². The number of carbonyl (C=O) groups is 1. The number of hydrogen-bond donors (Lipinski definition) is 0. The molecule has 3 heteroatoms. The van der Waals surface area contributed by atoms with Gasteiger partial charge in [-0.3, -0.25) is 4.79 Å². The summed E-state index contributed by atoms with van der Waals surface area (Å²) in [6.07, 6.45) is 1.52. The molecule has 56 valence electrons. The third-order valence-corrected chi connectivity index (χ3v) is 2.24. The summed E-state index contributed by atoms with van der Waals surface area (Å²) in [5.74, 6) is 0.138. The minimum absolute atomic E-state index is 0.0579. The standard InChI is InChI=1S/C7H10O3/c1-9-7-5-3-2-4(10-5)6(7)8/h4-5,7H,2-3H2,1H3. The minimum Gasteiger partial charge on any atom is -0.371 e. The Balaban J connectivity index is 2.17. The lowest BCUT2D eigenvalue weighted by atomic mass is 9.96. The molecule has 2 aliphatic heterocycles. The third kappa shape index (κ3) is 0.646. The molecule has 3 unspecified atom stereocenters. The molecule has 0 aliphatic carbocycles. The van der Waals surface area contributed by atoms with Crippen molar-refractivity contribution in [3.63, 3.8) is 0 Å². The predicted molar refractivity (Wildman–Crippen MR) is 33.7 cm³/mol. The molecule has 0 aromatic carbocycles. The van der Waals surface area contributed by atoms with Gasteiger partial charge in [-0.25, -0.2) is 0 Å². The Morgan fingerprint density at radius 2 is 2.40 bits per heavy atom. The Morgan fingerprint density at radius 3 is 2.80 bits per heavy atom. The smallest absolute Gasteiger partial charge is 0.192 e. The van der Waals surface area contributed by atoms with Gasteiger partial charge in [0.25, 0.3) is 0 Å². The van der Waals surface area contributed by atoms with E-state index in [2.05, 4.69) is 0 Å². The number of ketones is 1. The zero-order valence-electron chi connectivity index (χ0n) is 5.87. The van der Waals surface area contributed by atoms with Crippen molar-refractivity contribution in [2.45, 2.75) is 31.2 Å². The highest BCUT2D eigenvalue weighted by molar-refractivity contribution is 5.90. The number of carbonyl (C=O) groups excluding carboxylic acids is 1. The van der Waals surface area contributed by atoms with Crippen LogP contribution >= 0.6 is 0 Å². The summed E-state index contributed by atoms with van der Waals surface area (Å²) >= 11 is 0. The first kappa shape index (κ1) is 6.31. The number of ether oxygens (including phenoxy) is 2. The van der Waals surface area contributed by atoms with Gasteiger partial charge < -0.3 is 9.47 Å². The molecule has 2 rings (SSSR count). The molecule has 3 nitrogen and oxygen atoms in total. The van der Waals surface area contributed by atoms with Crippen LogP contribution in [0.3, 0.4) is 0 Å². The summed E-state index contributed by atoms with van der Waals surface area (Å²) in [5, 5.41) is 0. The van der Waals surface area contributed by atoms with Gasteiger partial charge in [0.15, 0.2) is 5.78 Å². The van der Waals surface area contributed by atoms with E-state index in [4.69, 9.17) is 9.47 Å². The maximum absolute atomic E-state index is 11.1. The van der Waals surface area contributed by atoms with E-state index in [0.717, 1.165) is 12.8 Å². The van der Waals surface area contributed by atoms with Gasteiger partial charge in [0.1, 0.15) is 12.2 Å². The van der Waals surface area contributed by atoms with Gasteiger partial charge in [-0.05, 0) is 12.8 Å². The van der Waals surface area contributed by atoms with Crippen molar-refractivity contribution >= 4 is 5.78 Å². The van der Waals surface area contributed by atoms with Crippen LogP contribution in [-0.4, -0.2) is 31.2 Å². The summed E-state index contributed by atoms with van der Waals surface area (Å²) < 4.78 is 10.3. The molecule has 3 atom stereocenters. The molecule has 0 amide bonds. The molecule has 2 aliphatic rings. The lowest BCUT2D eigenvalue weighted by Crippen LogP contribution is -2.33. The van der Waals surface area contributed by atoms with Crippen molar-refractivity contribution in [1.82, 2.24) is 0 Å². The highest BCUT2D eigenvalue weighted by Gasteiger charge is 2.48. The molecule has 2 saturated heterocycles. The molecule has 2 fully saturated rings. The van der Waals surface area contributed by atoms with Crippen molar-refractivity contribution < 1.29 is 14.3 Å². The van der Waals surface area contributed by atoms with E-state index in [9.17, 15) is 4.79 Å². The van der Waals surface area contributed by atoms with Crippen LogP contribution < -0.4 is 0 Å². The lowest BCUT2D eigenvalue weighted by Gasteiger charge is -2.14. The molecule has 0 aromatic heterocycles. The first-order chi connectivity index (χ1) is 4.83. The van der Waals surface area contributed by atoms with Crippen LogP contribution in [0.4, 0.5) is 0 Å². The Morgan fingerprint density at radius 1 is 1.60 bits per heavy atom. The van der Waals surface area contributed by atoms with Crippen LogP contribution in [0.25, 0.3) is 0 Å². The summed E-state index contributed by atoms with van der Waals surface area (Å²) in [7, 11) is 1.56. The zero-order valence-corrected chi connectivity index (χ0v) is 5.87. The maximum atomic E-state index is 11.1. The highest BCUT2D eigenvalue weighted by Crippen LogP contribution is 2.32. The summed E-state index contributed by atoms with van der Waals surface area (Å²) in [6.45, 7) is 0. The molecule has 10 heavy (non-hydrogen) atoms. The minimum atomic E-state index is -0.265. The topological polar surface area (TPSA) is 35.5 Å². The molecule has 0 N–H and O–H groups in total. The average Bonchev–Trinajstić information content (AvgIpc) is 2.46. The highest BCUT2D eigenvalue weighted by atomic mass is 16.6. The first-order valence-electron chi connectivity index (χ1n) is 3.55. The fraction of sp³-hybridized carbons (Fsp3) is 0.857. The molecule has 2 heterocycles. The Bertz CT molecular complexity index is 166. The van der Waals surface area contributed by atoms with Gasteiger partial charge in [-0.2, -0.15) is 0 Å².